The van der Waals surface area contributed by atoms with Crippen LogP contribution in [0.15, 0.2) is 0 Å². The maximum absolute atomic E-state index is 12.1. The van der Waals surface area contributed by atoms with E-state index in [9.17, 15) is 4.79 Å². The Balaban J connectivity index is 2.04. The lowest BCUT2D eigenvalue weighted by Crippen LogP contribution is -2.52. The lowest BCUT2D eigenvalue weighted by molar-refractivity contribution is -0.150. The molecule has 0 spiro atoms. The fraction of sp³-hybridized carbons (Fsp3) is 0.818. The van der Waals surface area contributed by atoms with Gasteiger partial charge in [-0.05, 0) is 19.8 Å². The van der Waals surface area contributed by atoms with E-state index in [1.165, 1.54) is 0 Å². The van der Waals surface area contributed by atoms with Crippen molar-refractivity contribution in [2.24, 2.45) is 5.41 Å². The van der Waals surface area contributed by atoms with E-state index in [4.69, 9.17) is 15.1 Å². The van der Waals surface area contributed by atoms with Gasteiger partial charge in [-0.15, -0.1) is 0 Å². The predicted octanol–water partition coefficient (Wildman–Crippen LogP) is -0.102. The monoisotopic (exact) mass is 224 g/mol. The van der Waals surface area contributed by atoms with Gasteiger partial charge in [-0.25, -0.2) is 0 Å². The van der Waals surface area contributed by atoms with Crippen molar-refractivity contribution >= 4 is 5.91 Å². The van der Waals surface area contributed by atoms with Gasteiger partial charge in [-0.1, -0.05) is 0 Å². The molecular weight excluding hydrogens is 208 g/mol. The number of hydrogen-bond donors (Lipinski definition) is 1. The van der Waals surface area contributed by atoms with Crippen LogP contribution in [-0.2, 0) is 9.53 Å². The summed E-state index contributed by atoms with van der Waals surface area (Å²) >= 11 is 0. The number of amides is 1. The van der Waals surface area contributed by atoms with E-state index in [0.29, 0.717) is 25.9 Å². The van der Waals surface area contributed by atoms with Gasteiger partial charge in [0, 0.05) is 13.1 Å². The fourth-order valence-corrected chi connectivity index (χ4v) is 2.11. The van der Waals surface area contributed by atoms with Crippen LogP contribution < -0.4 is 0 Å². The average molecular weight is 224 g/mol. The Kier molecular flexibility index (Phi) is 2.87. The SMILES string of the molecule is CC1CN(C(=O)C2(C#N)CC2)CC(CO)O1. The van der Waals surface area contributed by atoms with Gasteiger partial charge in [-0.3, -0.25) is 4.79 Å². The molecule has 1 saturated heterocycles. The zero-order valence-electron chi connectivity index (χ0n) is 9.35. The smallest absolute Gasteiger partial charge is 0.243 e. The summed E-state index contributed by atoms with van der Waals surface area (Å²) in [6.45, 7) is 2.68. The molecule has 1 amide bonds. The van der Waals surface area contributed by atoms with Crippen LogP contribution in [0.4, 0.5) is 0 Å². The molecule has 2 fully saturated rings. The van der Waals surface area contributed by atoms with Crippen molar-refractivity contribution in [2.45, 2.75) is 32.0 Å². The van der Waals surface area contributed by atoms with Crippen LogP contribution in [-0.4, -0.2) is 47.8 Å². The minimum atomic E-state index is -0.767. The third kappa shape index (κ3) is 1.91. The number of carbonyl (C=O) groups excluding carboxylic acids is 1. The highest BCUT2D eigenvalue weighted by Gasteiger charge is 2.53. The van der Waals surface area contributed by atoms with Gasteiger partial charge in [0.25, 0.3) is 0 Å². The van der Waals surface area contributed by atoms with E-state index in [1.807, 2.05) is 6.92 Å². The second-order valence-electron chi connectivity index (χ2n) is 4.66. The van der Waals surface area contributed by atoms with Crippen molar-refractivity contribution in [3.8, 4) is 6.07 Å². The first kappa shape index (κ1) is 11.4. The molecule has 1 saturated carbocycles. The van der Waals surface area contributed by atoms with Crippen molar-refractivity contribution in [1.82, 2.24) is 4.90 Å². The number of morpholine rings is 1. The summed E-state index contributed by atoms with van der Waals surface area (Å²) in [7, 11) is 0. The number of rotatable bonds is 2. The first-order valence-corrected chi connectivity index (χ1v) is 5.58. The van der Waals surface area contributed by atoms with Crippen LogP contribution in [0.5, 0.6) is 0 Å². The van der Waals surface area contributed by atoms with Crippen molar-refractivity contribution < 1.29 is 14.6 Å². The van der Waals surface area contributed by atoms with Crippen molar-refractivity contribution in [1.29, 1.82) is 5.26 Å². The highest BCUT2D eigenvalue weighted by Crippen LogP contribution is 2.46. The summed E-state index contributed by atoms with van der Waals surface area (Å²) in [6, 6.07) is 2.10. The second-order valence-corrected chi connectivity index (χ2v) is 4.66. The Morgan fingerprint density at radius 1 is 1.62 bits per heavy atom. The molecule has 0 aromatic rings. The van der Waals surface area contributed by atoms with Crippen LogP contribution in [0.1, 0.15) is 19.8 Å². The van der Waals surface area contributed by atoms with Crippen LogP contribution in [0.25, 0.3) is 0 Å². The van der Waals surface area contributed by atoms with Gasteiger partial charge in [0.2, 0.25) is 5.91 Å². The van der Waals surface area contributed by atoms with E-state index in [1.54, 1.807) is 4.90 Å². The van der Waals surface area contributed by atoms with Gasteiger partial charge < -0.3 is 14.7 Å². The average Bonchev–Trinajstić information content (AvgIpc) is 3.08. The van der Waals surface area contributed by atoms with Crippen LogP contribution in [0.2, 0.25) is 0 Å². The molecule has 1 aliphatic heterocycles. The summed E-state index contributed by atoms with van der Waals surface area (Å²) in [5.41, 5.74) is -0.767. The maximum atomic E-state index is 12.1. The van der Waals surface area contributed by atoms with Crippen LogP contribution in [0.3, 0.4) is 0 Å². The Morgan fingerprint density at radius 3 is 2.81 bits per heavy atom. The normalized spacial score (nSPS) is 31.9. The first-order valence-electron chi connectivity index (χ1n) is 5.58. The standard InChI is InChI=1S/C11H16N2O3/c1-8-4-13(5-9(6-14)16-8)10(15)11(7-12)2-3-11/h8-9,14H,2-6H2,1H3. The Labute approximate surface area is 94.6 Å². The van der Waals surface area contributed by atoms with Crippen molar-refractivity contribution in [2.75, 3.05) is 19.7 Å². The molecule has 1 heterocycles. The molecule has 2 aliphatic rings. The minimum absolute atomic E-state index is 0.0793. The van der Waals surface area contributed by atoms with Crippen molar-refractivity contribution in [3.05, 3.63) is 0 Å². The lowest BCUT2D eigenvalue weighted by atomic mass is 10.1. The zero-order valence-corrected chi connectivity index (χ0v) is 9.35. The number of nitriles is 1. The predicted molar refractivity (Wildman–Crippen MR) is 55.3 cm³/mol. The number of nitrogens with zero attached hydrogens (tertiary/aromatic N) is 2. The van der Waals surface area contributed by atoms with Gasteiger partial charge in [-0.2, -0.15) is 5.26 Å². The summed E-state index contributed by atoms with van der Waals surface area (Å²) in [5.74, 6) is -0.0939. The summed E-state index contributed by atoms with van der Waals surface area (Å²) in [5, 5.41) is 18.0. The summed E-state index contributed by atoms with van der Waals surface area (Å²) in [6.07, 6.45) is 0.932. The summed E-state index contributed by atoms with van der Waals surface area (Å²) in [4.78, 5) is 13.7. The Bertz CT molecular complexity index is 333. The topological polar surface area (TPSA) is 73.6 Å². The fourth-order valence-electron chi connectivity index (χ4n) is 2.11. The van der Waals surface area contributed by atoms with E-state index in [-0.39, 0.29) is 24.7 Å². The van der Waals surface area contributed by atoms with E-state index < -0.39 is 5.41 Å². The molecule has 16 heavy (non-hydrogen) atoms. The molecule has 1 N–H and O–H groups in total. The quantitative estimate of drug-likeness (QED) is 0.710. The zero-order chi connectivity index (χ0) is 11.8. The molecule has 2 rings (SSSR count). The molecule has 0 aromatic heterocycles. The highest BCUT2D eigenvalue weighted by atomic mass is 16.5. The maximum Gasteiger partial charge on any atom is 0.243 e. The highest BCUT2D eigenvalue weighted by molar-refractivity contribution is 5.88. The number of ether oxygens (including phenoxy) is 1. The number of hydrogen-bond acceptors (Lipinski definition) is 4. The van der Waals surface area contributed by atoms with Gasteiger partial charge in [0.15, 0.2) is 0 Å². The molecule has 0 bridgehead atoms. The molecule has 0 radical (unpaired) electrons. The van der Waals surface area contributed by atoms with Gasteiger partial charge >= 0.3 is 0 Å². The third-order valence-corrected chi connectivity index (χ3v) is 3.19. The third-order valence-electron chi connectivity index (χ3n) is 3.19. The minimum Gasteiger partial charge on any atom is -0.394 e. The van der Waals surface area contributed by atoms with Crippen LogP contribution >= 0.6 is 0 Å². The first-order chi connectivity index (χ1) is 7.61. The van der Waals surface area contributed by atoms with E-state index in [2.05, 4.69) is 6.07 Å². The molecule has 5 heteroatoms. The van der Waals surface area contributed by atoms with E-state index in [0.717, 1.165) is 0 Å². The Hall–Kier alpha value is -1.12. The molecule has 2 unspecified atom stereocenters. The second kappa shape index (κ2) is 4.04. The van der Waals surface area contributed by atoms with Crippen LogP contribution in [0, 0.1) is 16.7 Å². The molecule has 5 nitrogen and oxygen atoms in total. The number of aliphatic hydroxyl groups is 1. The molecule has 2 atom stereocenters. The number of aliphatic hydroxyl groups excluding tert-OH is 1. The molecule has 1 aliphatic carbocycles. The molecule has 0 aromatic carbocycles. The summed E-state index contributed by atoms with van der Waals surface area (Å²) < 4.78 is 5.46. The van der Waals surface area contributed by atoms with Gasteiger partial charge in [0.1, 0.15) is 5.41 Å². The van der Waals surface area contributed by atoms with Gasteiger partial charge in [0.05, 0.1) is 24.9 Å². The largest absolute Gasteiger partial charge is 0.394 e. The molecular formula is C11H16N2O3. The van der Waals surface area contributed by atoms with E-state index >= 15 is 0 Å². The van der Waals surface area contributed by atoms with Crippen molar-refractivity contribution in [3.63, 3.8) is 0 Å². The Morgan fingerprint density at radius 2 is 2.31 bits per heavy atom. The molecule has 88 valence electrons. The number of carbonyl (C=O) groups is 1. The lowest BCUT2D eigenvalue weighted by Gasteiger charge is -2.37.